The number of rotatable bonds is 4. The lowest BCUT2D eigenvalue weighted by molar-refractivity contribution is -0.160. The van der Waals surface area contributed by atoms with Crippen LogP contribution in [0.3, 0.4) is 0 Å². The average molecular weight is 236 g/mol. The molecular formula is C13H16O4. The highest BCUT2D eigenvalue weighted by molar-refractivity contribution is 6.05. The van der Waals surface area contributed by atoms with E-state index in [-0.39, 0.29) is 6.61 Å². The molecular weight excluding hydrogens is 220 g/mol. The van der Waals surface area contributed by atoms with Gasteiger partial charge in [-0.25, -0.2) is 0 Å². The van der Waals surface area contributed by atoms with Gasteiger partial charge in [0.25, 0.3) is 0 Å². The fourth-order valence-corrected chi connectivity index (χ4v) is 1.56. The predicted octanol–water partition coefficient (Wildman–Crippen LogP) is 1.90. The smallest absolute Gasteiger partial charge is 0.327 e. The van der Waals surface area contributed by atoms with E-state index in [2.05, 4.69) is 0 Å². The first-order chi connectivity index (χ1) is 7.92. The van der Waals surface area contributed by atoms with Crippen molar-refractivity contribution in [2.45, 2.75) is 26.2 Å². The van der Waals surface area contributed by atoms with Crippen LogP contribution < -0.4 is 0 Å². The van der Waals surface area contributed by atoms with Crippen molar-refractivity contribution in [2.75, 3.05) is 6.61 Å². The molecule has 1 N–H and O–H groups in total. The lowest BCUT2D eigenvalue weighted by Gasteiger charge is -2.23. The Labute approximate surface area is 100 Å². The first-order valence-electron chi connectivity index (χ1n) is 5.40. The van der Waals surface area contributed by atoms with Crippen molar-refractivity contribution in [1.29, 1.82) is 0 Å². The van der Waals surface area contributed by atoms with Crippen LogP contribution in [-0.2, 0) is 19.7 Å². The van der Waals surface area contributed by atoms with Crippen LogP contribution in [0.4, 0.5) is 0 Å². The van der Waals surface area contributed by atoms with Gasteiger partial charge in [-0.05, 0) is 26.3 Å². The lowest BCUT2D eigenvalue weighted by Crippen LogP contribution is -2.42. The molecule has 0 bridgehead atoms. The van der Waals surface area contributed by atoms with Crippen LogP contribution in [0.25, 0.3) is 0 Å². The van der Waals surface area contributed by atoms with Crippen molar-refractivity contribution in [3.05, 3.63) is 35.4 Å². The molecule has 92 valence electrons. The molecule has 0 saturated carbocycles. The zero-order valence-corrected chi connectivity index (χ0v) is 10.2. The van der Waals surface area contributed by atoms with Gasteiger partial charge < -0.3 is 9.84 Å². The second-order valence-corrected chi connectivity index (χ2v) is 4.02. The van der Waals surface area contributed by atoms with E-state index in [0.29, 0.717) is 5.56 Å². The molecule has 0 aliphatic heterocycles. The van der Waals surface area contributed by atoms with E-state index in [1.165, 1.54) is 6.92 Å². The van der Waals surface area contributed by atoms with Crippen LogP contribution in [0.5, 0.6) is 0 Å². The molecule has 0 fully saturated rings. The van der Waals surface area contributed by atoms with Crippen molar-refractivity contribution < 1.29 is 19.4 Å². The number of aliphatic carboxylic acids is 1. The SMILES string of the molecule is CCOC(=O)C(C)(C(=O)O)c1cccc(C)c1. The molecule has 4 nitrogen and oxygen atoms in total. The van der Waals surface area contributed by atoms with E-state index in [0.717, 1.165) is 5.56 Å². The predicted molar refractivity (Wildman–Crippen MR) is 62.8 cm³/mol. The fraction of sp³-hybridized carbons (Fsp3) is 0.385. The van der Waals surface area contributed by atoms with Gasteiger partial charge in [0.1, 0.15) is 0 Å². The molecule has 0 spiro atoms. The number of carboxylic acids is 1. The maximum atomic E-state index is 11.8. The van der Waals surface area contributed by atoms with Gasteiger partial charge in [-0.2, -0.15) is 0 Å². The highest BCUT2D eigenvalue weighted by Crippen LogP contribution is 2.26. The van der Waals surface area contributed by atoms with Gasteiger partial charge in [-0.15, -0.1) is 0 Å². The molecule has 4 heteroatoms. The number of hydrogen-bond donors (Lipinski definition) is 1. The number of hydrogen-bond acceptors (Lipinski definition) is 3. The summed E-state index contributed by atoms with van der Waals surface area (Å²) in [5, 5.41) is 9.27. The zero-order chi connectivity index (χ0) is 13.1. The molecule has 0 aromatic heterocycles. The summed E-state index contributed by atoms with van der Waals surface area (Å²) in [5.74, 6) is -1.94. The van der Waals surface area contributed by atoms with Gasteiger partial charge in [0, 0.05) is 0 Å². The second-order valence-electron chi connectivity index (χ2n) is 4.02. The number of ether oxygens (including phenoxy) is 1. The number of carboxylic acid groups (broad SMARTS) is 1. The van der Waals surface area contributed by atoms with Crippen LogP contribution in [0.1, 0.15) is 25.0 Å². The Morgan fingerprint density at radius 1 is 1.41 bits per heavy atom. The topological polar surface area (TPSA) is 63.6 Å². The summed E-state index contributed by atoms with van der Waals surface area (Å²) in [4.78, 5) is 23.2. The molecule has 0 aliphatic carbocycles. The van der Waals surface area contributed by atoms with E-state index < -0.39 is 17.4 Å². The van der Waals surface area contributed by atoms with Gasteiger partial charge >= 0.3 is 11.9 Å². The Morgan fingerprint density at radius 2 is 2.06 bits per heavy atom. The highest BCUT2D eigenvalue weighted by atomic mass is 16.5. The molecule has 1 aromatic rings. The Morgan fingerprint density at radius 3 is 2.53 bits per heavy atom. The second kappa shape index (κ2) is 4.99. The highest BCUT2D eigenvalue weighted by Gasteiger charge is 2.44. The Balaban J connectivity index is 3.25. The molecule has 17 heavy (non-hydrogen) atoms. The maximum Gasteiger partial charge on any atom is 0.327 e. The van der Waals surface area contributed by atoms with Crippen LogP contribution >= 0.6 is 0 Å². The number of carbonyl (C=O) groups excluding carboxylic acids is 1. The van der Waals surface area contributed by atoms with E-state index >= 15 is 0 Å². The number of benzene rings is 1. The van der Waals surface area contributed by atoms with Crippen LogP contribution in [0.2, 0.25) is 0 Å². The first kappa shape index (κ1) is 13.2. The monoisotopic (exact) mass is 236 g/mol. The summed E-state index contributed by atoms with van der Waals surface area (Å²) < 4.78 is 4.84. The lowest BCUT2D eigenvalue weighted by atomic mass is 9.82. The summed E-state index contributed by atoms with van der Waals surface area (Å²) in [6.45, 7) is 5.02. The first-order valence-corrected chi connectivity index (χ1v) is 5.40. The van der Waals surface area contributed by atoms with E-state index in [1.807, 2.05) is 13.0 Å². The van der Waals surface area contributed by atoms with Crippen molar-refractivity contribution in [3.8, 4) is 0 Å². The van der Waals surface area contributed by atoms with Gasteiger partial charge in [-0.3, -0.25) is 9.59 Å². The Bertz CT molecular complexity index is 439. The Hall–Kier alpha value is -1.84. The van der Waals surface area contributed by atoms with Crippen molar-refractivity contribution in [1.82, 2.24) is 0 Å². The van der Waals surface area contributed by atoms with Crippen LogP contribution in [0, 0.1) is 6.92 Å². The molecule has 1 unspecified atom stereocenters. The molecule has 1 atom stereocenters. The molecule has 0 amide bonds. The van der Waals surface area contributed by atoms with E-state index in [1.54, 1.807) is 25.1 Å². The zero-order valence-electron chi connectivity index (χ0n) is 10.2. The average Bonchev–Trinajstić information content (AvgIpc) is 2.27. The van der Waals surface area contributed by atoms with Gasteiger partial charge in [0.05, 0.1) is 6.61 Å². The summed E-state index contributed by atoms with van der Waals surface area (Å²) in [6.07, 6.45) is 0. The number of aryl methyl sites for hydroxylation is 1. The third-order valence-electron chi connectivity index (χ3n) is 2.71. The number of esters is 1. The van der Waals surface area contributed by atoms with Gasteiger partial charge in [0.15, 0.2) is 5.41 Å². The molecule has 1 rings (SSSR count). The largest absolute Gasteiger partial charge is 0.480 e. The molecule has 0 saturated heterocycles. The summed E-state index contributed by atoms with van der Waals surface area (Å²) in [7, 11) is 0. The molecule has 0 radical (unpaired) electrons. The van der Waals surface area contributed by atoms with E-state index in [4.69, 9.17) is 4.74 Å². The quantitative estimate of drug-likeness (QED) is 0.640. The summed E-state index contributed by atoms with van der Waals surface area (Å²) in [5.41, 5.74) is -0.315. The molecule has 1 aromatic carbocycles. The minimum atomic E-state index is -1.65. The van der Waals surface area contributed by atoms with Crippen molar-refractivity contribution >= 4 is 11.9 Å². The molecule has 0 heterocycles. The fourth-order valence-electron chi connectivity index (χ4n) is 1.56. The van der Waals surface area contributed by atoms with Crippen LogP contribution in [-0.4, -0.2) is 23.7 Å². The third kappa shape index (κ3) is 2.46. The third-order valence-corrected chi connectivity index (χ3v) is 2.71. The minimum absolute atomic E-state index is 0.160. The number of carbonyl (C=O) groups is 2. The standard InChI is InChI=1S/C13H16O4/c1-4-17-12(16)13(3,11(14)15)10-7-5-6-9(2)8-10/h5-8H,4H2,1-3H3,(H,14,15). The van der Waals surface area contributed by atoms with Gasteiger partial charge in [-0.1, -0.05) is 29.8 Å². The summed E-state index contributed by atoms with van der Waals surface area (Å²) in [6, 6.07) is 6.88. The Kier molecular flexibility index (Phi) is 3.89. The minimum Gasteiger partial charge on any atom is -0.480 e. The van der Waals surface area contributed by atoms with Crippen LogP contribution in [0.15, 0.2) is 24.3 Å². The maximum absolute atomic E-state index is 11.8. The van der Waals surface area contributed by atoms with Gasteiger partial charge in [0.2, 0.25) is 0 Å². The normalized spacial score (nSPS) is 13.8. The van der Waals surface area contributed by atoms with Crippen molar-refractivity contribution in [2.24, 2.45) is 0 Å². The van der Waals surface area contributed by atoms with Crippen molar-refractivity contribution in [3.63, 3.8) is 0 Å². The molecule has 0 aliphatic rings. The van der Waals surface area contributed by atoms with E-state index in [9.17, 15) is 14.7 Å². The summed E-state index contributed by atoms with van der Waals surface area (Å²) >= 11 is 0.